The van der Waals surface area contributed by atoms with Crippen molar-refractivity contribution in [3.63, 3.8) is 0 Å². The Morgan fingerprint density at radius 2 is 1.58 bits per heavy atom. The van der Waals surface area contributed by atoms with Crippen LogP contribution in [0.4, 0.5) is 9.59 Å². The van der Waals surface area contributed by atoms with E-state index in [9.17, 15) is 32.4 Å². The normalized spacial score (nSPS) is 29.2. The van der Waals surface area contributed by atoms with Crippen LogP contribution in [0.2, 0.25) is 10.0 Å². The van der Waals surface area contributed by atoms with E-state index in [0.29, 0.717) is 42.1 Å². The lowest BCUT2D eigenvalue weighted by Gasteiger charge is -2.30. The first-order valence-corrected chi connectivity index (χ1v) is 21.0. The van der Waals surface area contributed by atoms with Gasteiger partial charge in [0.05, 0.1) is 21.8 Å². The maximum absolute atomic E-state index is 14.4. The van der Waals surface area contributed by atoms with Crippen LogP contribution in [-0.4, -0.2) is 89.6 Å². The first-order chi connectivity index (χ1) is 25.3. The summed E-state index contributed by atoms with van der Waals surface area (Å²) in [6, 6.07) is 0.853. The molecule has 0 unspecified atom stereocenters. The van der Waals surface area contributed by atoms with E-state index in [1.165, 1.54) is 9.80 Å². The maximum Gasteiger partial charge on any atom is 0.410 e. The van der Waals surface area contributed by atoms with Gasteiger partial charge in [0.15, 0.2) is 0 Å². The van der Waals surface area contributed by atoms with Crippen LogP contribution >= 0.6 is 23.2 Å². The fraction of sp³-hybridized carbons (Fsp3) is 0.639. The number of carbonyl (C=O) groups excluding carboxylic acids is 5. The molecule has 0 radical (unpaired) electrons. The van der Waals surface area contributed by atoms with Gasteiger partial charge in [-0.25, -0.2) is 18.0 Å². The molecule has 17 heteroatoms. The number of amides is 6. The second-order valence-electron chi connectivity index (χ2n) is 15.3. The number of hydrogen-bond donors (Lipinski definition) is 4. The number of carbonyl (C=O) groups is 5. The Hall–Kier alpha value is -3.56. The van der Waals surface area contributed by atoms with Crippen molar-refractivity contribution in [1.82, 2.24) is 30.5 Å². The Labute approximate surface area is 319 Å². The van der Waals surface area contributed by atoms with Gasteiger partial charge >= 0.3 is 12.1 Å². The number of hydrogen-bond acceptors (Lipinski definition) is 8. The molecule has 4 N–H and O–H groups in total. The highest BCUT2D eigenvalue weighted by atomic mass is 35.5. The van der Waals surface area contributed by atoms with Crippen LogP contribution in [0.3, 0.4) is 0 Å². The molecule has 288 valence electrons. The third-order valence-electron chi connectivity index (χ3n) is 11.3. The smallest absolute Gasteiger partial charge is 0.410 e. The minimum atomic E-state index is -3.90. The van der Waals surface area contributed by atoms with Gasteiger partial charge in [0, 0.05) is 31.5 Å². The quantitative estimate of drug-likeness (QED) is 0.312. The van der Waals surface area contributed by atoms with Gasteiger partial charge in [0.1, 0.15) is 23.7 Å². The van der Waals surface area contributed by atoms with E-state index in [-0.39, 0.29) is 38.5 Å². The number of fused-ring (bicyclic) bond motifs is 3. The summed E-state index contributed by atoms with van der Waals surface area (Å²) in [4.78, 5) is 71.8. The lowest BCUT2D eigenvalue weighted by atomic mass is 10.0. The summed E-state index contributed by atoms with van der Waals surface area (Å²) in [5, 5.41) is 8.77. The SMILES string of the molecule is O=C(NC1CCCC1)N[C@H]1CCCCCC=C[C@H]2C[C@@]2(C(=O)NS(=O)(=O)C2CC2)NC(=O)[C@@H]2C[C@@H](OC(=O)N3Cc4cc(Cl)c(Cl)cc4C3)CN2C1=O. The second-order valence-corrected chi connectivity index (χ2v) is 18.1. The molecule has 3 aliphatic heterocycles. The number of nitrogens with one attached hydrogen (secondary N) is 4. The highest BCUT2D eigenvalue weighted by Crippen LogP contribution is 2.46. The third kappa shape index (κ3) is 8.41. The van der Waals surface area contributed by atoms with Gasteiger partial charge < -0.3 is 25.6 Å². The molecule has 1 aromatic rings. The number of benzene rings is 1. The molecule has 4 fully saturated rings. The fourth-order valence-electron chi connectivity index (χ4n) is 8.04. The molecule has 14 nitrogen and oxygen atoms in total. The predicted octanol–water partition coefficient (Wildman–Crippen LogP) is 4.03. The van der Waals surface area contributed by atoms with E-state index in [4.69, 9.17) is 27.9 Å². The summed E-state index contributed by atoms with van der Waals surface area (Å²) in [6.45, 7) is 0.355. The van der Waals surface area contributed by atoms with Crippen molar-refractivity contribution in [2.45, 2.75) is 132 Å². The standard InChI is InChI=1S/C36H46Cl2N6O8S/c37-27-14-21-18-43(19-22(21)15-28(27)38)35(49)52-25-16-30-31(45)41-36(33(47)42-53(50,51)26-12-13-26)17-23(36)8-4-2-1-3-5-11-29(32(46)44(30)20-25)40-34(48)39-24-9-6-7-10-24/h4,8,14-15,23-26,29-30H,1-3,5-7,9-13,16-20H2,(H,41,45)(H,42,47)(H2,39,40,48)/t23-,25+,29-,30-,36+/m0/s1. The summed E-state index contributed by atoms with van der Waals surface area (Å²) in [7, 11) is -3.90. The summed E-state index contributed by atoms with van der Waals surface area (Å²) in [6.07, 6.45) is 10.3. The largest absolute Gasteiger partial charge is 0.444 e. The number of halogens is 2. The molecule has 1 saturated heterocycles. The van der Waals surface area contributed by atoms with E-state index in [1.54, 1.807) is 12.1 Å². The average Bonchev–Trinajstić information content (AvgIpc) is 3.91. The zero-order chi connectivity index (χ0) is 37.5. The van der Waals surface area contributed by atoms with Crippen molar-refractivity contribution in [3.8, 4) is 0 Å². The van der Waals surface area contributed by atoms with Gasteiger partial charge in [0.25, 0.3) is 5.91 Å². The van der Waals surface area contributed by atoms with Gasteiger partial charge in [-0.1, -0.05) is 61.0 Å². The van der Waals surface area contributed by atoms with E-state index in [2.05, 4.69) is 20.7 Å². The Morgan fingerprint density at radius 1 is 0.906 bits per heavy atom. The molecule has 5 atom stereocenters. The van der Waals surface area contributed by atoms with Crippen molar-refractivity contribution in [2.75, 3.05) is 6.54 Å². The molecule has 3 aliphatic carbocycles. The maximum atomic E-state index is 14.4. The molecule has 0 bridgehead atoms. The molecule has 53 heavy (non-hydrogen) atoms. The van der Waals surface area contributed by atoms with Crippen LogP contribution in [0.5, 0.6) is 0 Å². The lowest BCUT2D eigenvalue weighted by molar-refractivity contribution is -0.141. The molecule has 3 heterocycles. The molecule has 0 spiro atoms. The molecule has 6 amide bonds. The van der Waals surface area contributed by atoms with Crippen LogP contribution in [0.25, 0.3) is 0 Å². The monoisotopic (exact) mass is 792 g/mol. The zero-order valence-corrected chi connectivity index (χ0v) is 31.7. The first-order valence-electron chi connectivity index (χ1n) is 18.7. The van der Waals surface area contributed by atoms with Gasteiger partial charge in [-0.3, -0.25) is 24.0 Å². The predicted molar refractivity (Wildman–Crippen MR) is 195 cm³/mol. The topological polar surface area (TPSA) is 183 Å². The molecule has 7 rings (SSSR count). The van der Waals surface area contributed by atoms with Crippen LogP contribution in [0.1, 0.15) is 94.6 Å². The van der Waals surface area contributed by atoms with E-state index in [1.807, 2.05) is 12.2 Å². The average molecular weight is 794 g/mol. The molecule has 0 aromatic heterocycles. The van der Waals surface area contributed by atoms with Gasteiger partial charge in [-0.15, -0.1) is 0 Å². The van der Waals surface area contributed by atoms with Crippen LogP contribution in [-0.2, 0) is 42.2 Å². The number of sulfonamides is 1. The first kappa shape index (κ1) is 37.7. The van der Waals surface area contributed by atoms with Crippen LogP contribution in [0.15, 0.2) is 24.3 Å². The highest BCUT2D eigenvalue weighted by molar-refractivity contribution is 7.91. The van der Waals surface area contributed by atoms with Crippen molar-refractivity contribution in [1.29, 1.82) is 0 Å². The molecule has 3 saturated carbocycles. The zero-order valence-electron chi connectivity index (χ0n) is 29.4. The van der Waals surface area contributed by atoms with Crippen molar-refractivity contribution in [2.24, 2.45) is 5.92 Å². The number of rotatable bonds is 6. The van der Waals surface area contributed by atoms with Crippen molar-refractivity contribution < 1.29 is 37.1 Å². The van der Waals surface area contributed by atoms with E-state index >= 15 is 0 Å². The molecule has 6 aliphatic rings. The summed E-state index contributed by atoms with van der Waals surface area (Å²) < 4.78 is 33.7. The fourth-order valence-corrected chi connectivity index (χ4v) is 9.78. The third-order valence-corrected chi connectivity index (χ3v) is 13.9. The number of urea groups is 1. The van der Waals surface area contributed by atoms with E-state index in [0.717, 1.165) is 49.7 Å². The lowest BCUT2D eigenvalue weighted by Crippen LogP contribution is -2.59. The molecular formula is C36H46Cl2N6O8S. The summed E-state index contributed by atoms with van der Waals surface area (Å²) in [5.74, 6) is -2.43. The van der Waals surface area contributed by atoms with Crippen molar-refractivity contribution in [3.05, 3.63) is 45.5 Å². The Bertz CT molecular complexity index is 1770. The van der Waals surface area contributed by atoms with Crippen LogP contribution < -0.4 is 20.7 Å². The number of ether oxygens (including phenoxy) is 1. The van der Waals surface area contributed by atoms with Gasteiger partial charge in [0.2, 0.25) is 21.8 Å². The minimum Gasteiger partial charge on any atom is -0.444 e. The van der Waals surface area contributed by atoms with Gasteiger partial charge in [-0.05, 0) is 74.6 Å². The van der Waals surface area contributed by atoms with Crippen LogP contribution in [0, 0.1) is 5.92 Å². The molecular weight excluding hydrogens is 747 g/mol. The summed E-state index contributed by atoms with van der Waals surface area (Å²) in [5.41, 5.74) is 0.132. The Morgan fingerprint density at radius 3 is 2.26 bits per heavy atom. The second kappa shape index (κ2) is 15.3. The van der Waals surface area contributed by atoms with E-state index < -0.39 is 74.8 Å². The number of allylic oxidation sites excluding steroid dienone is 1. The summed E-state index contributed by atoms with van der Waals surface area (Å²) >= 11 is 12.4. The van der Waals surface area contributed by atoms with Gasteiger partial charge in [-0.2, -0.15) is 0 Å². The van der Waals surface area contributed by atoms with Crippen molar-refractivity contribution >= 4 is 63.1 Å². The Balaban J connectivity index is 1.12. The highest BCUT2D eigenvalue weighted by Gasteiger charge is 2.62. The Kier molecular flexibility index (Phi) is 10.9. The number of nitrogens with zero attached hydrogens (tertiary/aromatic N) is 2. The molecule has 1 aromatic carbocycles. The minimum absolute atomic E-state index is 0.0228.